The average molecular weight is 262 g/mol. The quantitative estimate of drug-likeness (QED) is 0.790. The Morgan fingerprint density at radius 3 is 2.53 bits per heavy atom. The first-order valence-electron chi connectivity index (χ1n) is 6.52. The second kappa shape index (κ2) is 4.68. The molecule has 0 saturated heterocycles. The van der Waals surface area contributed by atoms with Gasteiger partial charge in [-0.05, 0) is 11.3 Å². The molecule has 2 heterocycles. The maximum Gasteiger partial charge on any atom is 0.224 e. The van der Waals surface area contributed by atoms with Crippen molar-refractivity contribution in [2.24, 2.45) is 11.3 Å². The van der Waals surface area contributed by atoms with Crippen LogP contribution in [0.25, 0.3) is 11.2 Å². The van der Waals surface area contributed by atoms with E-state index in [0.717, 1.165) is 5.52 Å². The van der Waals surface area contributed by atoms with Crippen LogP contribution in [-0.2, 0) is 0 Å². The lowest BCUT2D eigenvalue weighted by Crippen LogP contribution is -2.38. The number of nitrogen functional groups attached to an aromatic ring is 1. The van der Waals surface area contributed by atoms with Crippen molar-refractivity contribution in [2.75, 3.05) is 11.1 Å². The van der Waals surface area contributed by atoms with Crippen molar-refractivity contribution in [1.82, 2.24) is 19.9 Å². The van der Waals surface area contributed by atoms with Crippen LogP contribution in [0.5, 0.6) is 0 Å². The molecule has 0 spiro atoms. The normalized spacial score (nSPS) is 14.0. The highest BCUT2D eigenvalue weighted by Crippen LogP contribution is 2.29. The van der Waals surface area contributed by atoms with Gasteiger partial charge in [-0.3, -0.25) is 0 Å². The van der Waals surface area contributed by atoms with Crippen LogP contribution < -0.4 is 11.1 Å². The molecule has 0 bridgehead atoms. The highest BCUT2D eigenvalue weighted by molar-refractivity contribution is 5.83. The van der Waals surface area contributed by atoms with E-state index in [1.54, 1.807) is 6.33 Å². The van der Waals surface area contributed by atoms with E-state index in [-0.39, 0.29) is 17.4 Å². The SMILES string of the molecule is CC(C)[C@H](Nc1nc(N)nc2[nH]cnc12)C(C)(C)C. The molecule has 0 aliphatic heterocycles. The number of aromatic amines is 1. The van der Waals surface area contributed by atoms with E-state index in [2.05, 4.69) is 59.9 Å². The van der Waals surface area contributed by atoms with Gasteiger partial charge in [-0.1, -0.05) is 34.6 Å². The van der Waals surface area contributed by atoms with Crippen LogP contribution in [0.3, 0.4) is 0 Å². The summed E-state index contributed by atoms with van der Waals surface area (Å²) in [7, 11) is 0. The number of aromatic nitrogens is 4. The molecule has 6 heteroatoms. The molecule has 0 saturated carbocycles. The first kappa shape index (κ1) is 13.6. The lowest BCUT2D eigenvalue weighted by atomic mass is 9.80. The summed E-state index contributed by atoms with van der Waals surface area (Å²) in [6.07, 6.45) is 1.60. The third-order valence-electron chi connectivity index (χ3n) is 3.19. The Hall–Kier alpha value is -1.85. The summed E-state index contributed by atoms with van der Waals surface area (Å²) < 4.78 is 0. The number of H-pyrrole nitrogens is 1. The Bertz CT molecular complexity index is 566. The fourth-order valence-electron chi connectivity index (χ4n) is 2.48. The van der Waals surface area contributed by atoms with Crippen molar-refractivity contribution in [1.29, 1.82) is 0 Å². The van der Waals surface area contributed by atoms with Crippen LogP contribution in [0.1, 0.15) is 34.6 Å². The van der Waals surface area contributed by atoms with Gasteiger partial charge in [0, 0.05) is 6.04 Å². The second-order valence-electron chi connectivity index (χ2n) is 6.26. The van der Waals surface area contributed by atoms with Crippen LogP contribution in [0.2, 0.25) is 0 Å². The summed E-state index contributed by atoms with van der Waals surface area (Å²) in [6, 6.07) is 0.265. The van der Waals surface area contributed by atoms with Crippen LogP contribution in [0.4, 0.5) is 11.8 Å². The maximum atomic E-state index is 5.73. The van der Waals surface area contributed by atoms with Crippen molar-refractivity contribution >= 4 is 22.9 Å². The molecule has 19 heavy (non-hydrogen) atoms. The zero-order valence-corrected chi connectivity index (χ0v) is 12.2. The van der Waals surface area contributed by atoms with Crippen molar-refractivity contribution in [2.45, 2.75) is 40.7 Å². The fourth-order valence-corrected chi connectivity index (χ4v) is 2.48. The highest BCUT2D eigenvalue weighted by atomic mass is 15.1. The molecule has 0 unspecified atom stereocenters. The molecular formula is C13H22N6. The Labute approximate surface area is 113 Å². The van der Waals surface area contributed by atoms with E-state index >= 15 is 0 Å². The zero-order chi connectivity index (χ0) is 14.2. The molecular weight excluding hydrogens is 240 g/mol. The van der Waals surface area contributed by atoms with E-state index in [9.17, 15) is 0 Å². The first-order valence-corrected chi connectivity index (χ1v) is 6.52. The summed E-state index contributed by atoms with van der Waals surface area (Å²) in [4.78, 5) is 15.6. The number of hydrogen-bond acceptors (Lipinski definition) is 5. The molecule has 0 aromatic carbocycles. The number of rotatable bonds is 3. The van der Waals surface area contributed by atoms with Crippen LogP contribution in [0, 0.1) is 11.3 Å². The average Bonchev–Trinajstić information content (AvgIpc) is 2.70. The molecule has 104 valence electrons. The number of nitrogens with zero attached hydrogens (tertiary/aromatic N) is 3. The number of anilines is 2. The summed E-state index contributed by atoms with van der Waals surface area (Å²) in [5.41, 5.74) is 7.23. The Morgan fingerprint density at radius 2 is 1.95 bits per heavy atom. The summed E-state index contributed by atoms with van der Waals surface area (Å²) in [5.74, 6) is 1.40. The Morgan fingerprint density at radius 1 is 1.26 bits per heavy atom. The summed E-state index contributed by atoms with van der Waals surface area (Å²) in [6.45, 7) is 11.0. The number of hydrogen-bond donors (Lipinski definition) is 3. The largest absolute Gasteiger partial charge is 0.368 e. The predicted molar refractivity (Wildman–Crippen MR) is 77.8 cm³/mol. The van der Waals surface area contributed by atoms with E-state index in [4.69, 9.17) is 5.73 Å². The Kier molecular flexibility index (Phi) is 3.34. The monoisotopic (exact) mass is 262 g/mol. The lowest BCUT2D eigenvalue weighted by Gasteiger charge is -2.35. The van der Waals surface area contributed by atoms with E-state index in [1.165, 1.54) is 0 Å². The summed E-state index contributed by atoms with van der Waals surface area (Å²) in [5, 5.41) is 3.47. The molecule has 0 radical (unpaired) electrons. The van der Waals surface area contributed by atoms with Gasteiger partial charge in [0.25, 0.3) is 0 Å². The topological polar surface area (TPSA) is 92.5 Å². The smallest absolute Gasteiger partial charge is 0.224 e. The van der Waals surface area contributed by atoms with Crippen molar-refractivity contribution in [3.05, 3.63) is 6.33 Å². The van der Waals surface area contributed by atoms with Gasteiger partial charge in [0.1, 0.15) is 5.52 Å². The first-order chi connectivity index (χ1) is 8.79. The maximum absolute atomic E-state index is 5.73. The predicted octanol–water partition coefficient (Wildman–Crippen LogP) is 2.42. The van der Waals surface area contributed by atoms with E-state index < -0.39 is 0 Å². The molecule has 2 aromatic heterocycles. The summed E-state index contributed by atoms with van der Waals surface area (Å²) >= 11 is 0. The van der Waals surface area contributed by atoms with Gasteiger partial charge >= 0.3 is 0 Å². The fraction of sp³-hybridized carbons (Fsp3) is 0.615. The molecule has 2 rings (SSSR count). The minimum absolute atomic E-state index is 0.108. The number of fused-ring (bicyclic) bond motifs is 1. The Balaban J connectivity index is 2.41. The van der Waals surface area contributed by atoms with Gasteiger partial charge in [-0.15, -0.1) is 0 Å². The van der Waals surface area contributed by atoms with Crippen molar-refractivity contribution in [3.8, 4) is 0 Å². The van der Waals surface area contributed by atoms with Crippen LogP contribution in [-0.4, -0.2) is 26.0 Å². The third-order valence-corrected chi connectivity index (χ3v) is 3.19. The zero-order valence-electron chi connectivity index (χ0n) is 12.2. The molecule has 0 amide bonds. The molecule has 0 aliphatic carbocycles. The molecule has 2 aromatic rings. The minimum atomic E-state index is 0.108. The molecule has 0 aliphatic rings. The van der Waals surface area contributed by atoms with E-state index in [0.29, 0.717) is 17.4 Å². The number of imidazole rings is 1. The van der Waals surface area contributed by atoms with Crippen molar-refractivity contribution < 1.29 is 0 Å². The standard InChI is InChI=1S/C13H22N6/c1-7(2)9(13(3,4)5)17-11-8-10(16-6-15-8)18-12(14)19-11/h6-7,9H,1-5H3,(H4,14,15,16,17,18,19)/t9-/m0/s1. The van der Waals surface area contributed by atoms with Gasteiger partial charge in [-0.25, -0.2) is 4.98 Å². The minimum Gasteiger partial charge on any atom is -0.368 e. The van der Waals surface area contributed by atoms with Gasteiger partial charge in [0.2, 0.25) is 5.95 Å². The number of nitrogens with two attached hydrogens (primary N) is 1. The molecule has 4 N–H and O–H groups in total. The molecule has 1 atom stereocenters. The number of nitrogens with one attached hydrogen (secondary N) is 2. The van der Waals surface area contributed by atoms with Gasteiger partial charge in [0.05, 0.1) is 6.33 Å². The third kappa shape index (κ3) is 2.77. The van der Waals surface area contributed by atoms with Crippen LogP contribution >= 0.6 is 0 Å². The van der Waals surface area contributed by atoms with E-state index in [1.807, 2.05) is 0 Å². The van der Waals surface area contributed by atoms with Gasteiger partial charge < -0.3 is 16.0 Å². The lowest BCUT2D eigenvalue weighted by molar-refractivity contribution is 0.280. The van der Waals surface area contributed by atoms with Gasteiger partial charge in [-0.2, -0.15) is 9.97 Å². The highest BCUT2D eigenvalue weighted by Gasteiger charge is 2.28. The molecule has 6 nitrogen and oxygen atoms in total. The van der Waals surface area contributed by atoms with Gasteiger partial charge in [0.15, 0.2) is 11.5 Å². The van der Waals surface area contributed by atoms with Crippen molar-refractivity contribution in [3.63, 3.8) is 0 Å². The molecule has 0 fully saturated rings. The van der Waals surface area contributed by atoms with Crippen LogP contribution in [0.15, 0.2) is 6.33 Å². The second-order valence-corrected chi connectivity index (χ2v) is 6.26.